The minimum Gasteiger partial charge on any atom is -0.325 e. The van der Waals surface area contributed by atoms with Crippen LogP contribution in [0.25, 0.3) is 10.9 Å². The van der Waals surface area contributed by atoms with E-state index in [2.05, 4.69) is 4.98 Å². The van der Waals surface area contributed by atoms with Gasteiger partial charge < -0.3 is 5.73 Å². The van der Waals surface area contributed by atoms with E-state index in [4.69, 9.17) is 17.3 Å². The summed E-state index contributed by atoms with van der Waals surface area (Å²) in [5, 5.41) is 1.72. The Balaban J connectivity index is 0.000000980. The van der Waals surface area contributed by atoms with Crippen molar-refractivity contribution in [3.8, 4) is 0 Å². The number of benzene rings is 1. The van der Waals surface area contributed by atoms with Crippen LogP contribution >= 0.6 is 36.4 Å². The van der Waals surface area contributed by atoms with Crippen LogP contribution in [-0.2, 0) is 6.54 Å². The van der Waals surface area contributed by atoms with E-state index in [1.807, 2.05) is 30.3 Å². The number of pyridine rings is 1. The Labute approximate surface area is 106 Å². The van der Waals surface area contributed by atoms with Gasteiger partial charge in [-0.05, 0) is 12.1 Å². The maximum absolute atomic E-state index is 5.98. The Morgan fingerprint density at radius 3 is 2.53 bits per heavy atom. The van der Waals surface area contributed by atoms with E-state index < -0.39 is 0 Å². The zero-order valence-electron chi connectivity index (χ0n) is 7.81. The van der Waals surface area contributed by atoms with Crippen LogP contribution in [0.1, 0.15) is 5.69 Å². The monoisotopic (exact) mass is 264 g/mol. The second-order valence-electron chi connectivity index (χ2n) is 2.82. The molecule has 5 heteroatoms. The second-order valence-corrected chi connectivity index (χ2v) is 3.23. The van der Waals surface area contributed by atoms with Crippen molar-refractivity contribution in [2.24, 2.45) is 5.73 Å². The van der Waals surface area contributed by atoms with Crippen LogP contribution in [-0.4, -0.2) is 4.98 Å². The minimum atomic E-state index is 0. The second kappa shape index (κ2) is 6.13. The van der Waals surface area contributed by atoms with Gasteiger partial charge in [0.2, 0.25) is 0 Å². The van der Waals surface area contributed by atoms with Crippen molar-refractivity contribution >= 4 is 47.3 Å². The standard InChI is InChI=1S/C10H9ClN2.2ClH/c11-9-3-1-2-7-4-5-8(6-12)13-10(7)9;;/h1-5H,6,12H2;2*1H. The molecule has 15 heavy (non-hydrogen) atoms. The Kier molecular flexibility index (Phi) is 5.91. The van der Waals surface area contributed by atoms with Gasteiger partial charge in [0.15, 0.2) is 0 Å². The highest BCUT2D eigenvalue weighted by Crippen LogP contribution is 2.21. The maximum atomic E-state index is 5.98. The third-order valence-electron chi connectivity index (χ3n) is 1.94. The molecule has 0 aliphatic carbocycles. The molecule has 0 bridgehead atoms. The number of fused-ring (bicyclic) bond motifs is 1. The molecule has 2 nitrogen and oxygen atoms in total. The Hall–Kier alpha value is -0.540. The fourth-order valence-electron chi connectivity index (χ4n) is 1.26. The summed E-state index contributed by atoms with van der Waals surface area (Å²) in [5.41, 5.74) is 7.17. The molecule has 0 saturated carbocycles. The molecule has 0 saturated heterocycles. The number of nitrogens with two attached hydrogens (primary N) is 1. The molecule has 1 aromatic heterocycles. The number of para-hydroxylation sites is 1. The van der Waals surface area contributed by atoms with Crippen molar-refractivity contribution in [2.75, 3.05) is 0 Å². The molecule has 1 heterocycles. The first-order chi connectivity index (χ1) is 6.31. The molecule has 0 aliphatic heterocycles. The largest absolute Gasteiger partial charge is 0.325 e. The van der Waals surface area contributed by atoms with Crippen molar-refractivity contribution in [1.82, 2.24) is 4.98 Å². The van der Waals surface area contributed by atoms with Gasteiger partial charge in [-0.25, -0.2) is 4.98 Å². The van der Waals surface area contributed by atoms with Crippen molar-refractivity contribution < 1.29 is 0 Å². The van der Waals surface area contributed by atoms with Gasteiger partial charge in [0.05, 0.1) is 16.2 Å². The third kappa shape index (κ3) is 2.95. The Bertz CT molecular complexity index is 446. The first kappa shape index (κ1) is 14.5. The van der Waals surface area contributed by atoms with E-state index in [-0.39, 0.29) is 24.8 Å². The fraction of sp³-hybridized carbons (Fsp3) is 0.100. The quantitative estimate of drug-likeness (QED) is 0.860. The molecule has 0 spiro atoms. The lowest BCUT2D eigenvalue weighted by Crippen LogP contribution is -1.99. The van der Waals surface area contributed by atoms with Crippen molar-refractivity contribution in [2.45, 2.75) is 6.54 Å². The molecule has 0 amide bonds. The predicted octanol–water partition coefficient (Wildman–Crippen LogP) is 3.19. The summed E-state index contributed by atoms with van der Waals surface area (Å²) in [6.45, 7) is 0.446. The lowest BCUT2D eigenvalue weighted by Gasteiger charge is -2.01. The van der Waals surface area contributed by atoms with Gasteiger partial charge in [-0.15, -0.1) is 24.8 Å². The summed E-state index contributed by atoms with van der Waals surface area (Å²) < 4.78 is 0. The highest BCUT2D eigenvalue weighted by Gasteiger charge is 2.00. The van der Waals surface area contributed by atoms with Crippen LogP contribution in [0, 0.1) is 0 Å². The van der Waals surface area contributed by atoms with Crippen LogP contribution in [0.2, 0.25) is 5.02 Å². The molecule has 2 aromatic rings. The first-order valence-corrected chi connectivity index (χ1v) is 4.43. The van der Waals surface area contributed by atoms with Crippen LogP contribution < -0.4 is 5.73 Å². The van der Waals surface area contributed by atoms with E-state index >= 15 is 0 Å². The lowest BCUT2D eigenvalue weighted by atomic mass is 10.2. The third-order valence-corrected chi connectivity index (χ3v) is 2.24. The predicted molar refractivity (Wildman–Crippen MR) is 69.1 cm³/mol. The van der Waals surface area contributed by atoms with E-state index in [9.17, 15) is 0 Å². The average molecular weight is 266 g/mol. The number of halogens is 3. The number of hydrogen-bond acceptors (Lipinski definition) is 2. The lowest BCUT2D eigenvalue weighted by molar-refractivity contribution is 1.01. The van der Waals surface area contributed by atoms with E-state index in [1.165, 1.54) is 0 Å². The van der Waals surface area contributed by atoms with Gasteiger partial charge in [-0.2, -0.15) is 0 Å². The van der Waals surface area contributed by atoms with Gasteiger partial charge >= 0.3 is 0 Å². The number of hydrogen-bond donors (Lipinski definition) is 1. The minimum absolute atomic E-state index is 0. The molecule has 0 aliphatic rings. The Morgan fingerprint density at radius 1 is 1.13 bits per heavy atom. The molecule has 2 rings (SSSR count). The molecule has 2 N–H and O–H groups in total. The van der Waals surface area contributed by atoms with Crippen molar-refractivity contribution in [3.05, 3.63) is 41.0 Å². The summed E-state index contributed by atoms with van der Waals surface area (Å²) in [6.07, 6.45) is 0. The van der Waals surface area contributed by atoms with Crippen LogP contribution in [0.15, 0.2) is 30.3 Å². The summed E-state index contributed by atoms with van der Waals surface area (Å²) in [7, 11) is 0. The first-order valence-electron chi connectivity index (χ1n) is 4.05. The average Bonchev–Trinajstić information content (AvgIpc) is 2.18. The van der Waals surface area contributed by atoms with Crippen molar-refractivity contribution in [3.63, 3.8) is 0 Å². The molecule has 0 radical (unpaired) electrons. The molecular weight excluding hydrogens is 254 g/mol. The number of aromatic nitrogens is 1. The number of nitrogens with zero attached hydrogens (tertiary/aromatic N) is 1. The Morgan fingerprint density at radius 2 is 1.87 bits per heavy atom. The fourth-order valence-corrected chi connectivity index (χ4v) is 1.49. The maximum Gasteiger partial charge on any atom is 0.0891 e. The van der Waals surface area contributed by atoms with Gasteiger partial charge in [0.25, 0.3) is 0 Å². The molecule has 0 unspecified atom stereocenters. The SMILES string of the molecule is Cl.Cl.NCc1ccc2cccc(Cl)c2n1. The van der Waals surface area contributed by atoms with E-state index in [0.29, 0.717) is 11.6 Å². The molecular formula is C10H11Cl3N2. The normalized spacial score (nSPS) is 9.20. The van der Waals surface area contributed by atoms with E-state index in [1.54, 1.807) is 0 Å². The van der Waals surface area contributed by atoms with E-state index in [0.717, 1.165) is 16.6 Å². The van der Waals surface area contributed by atoms with Gasteiger partial charge in [0, 0.05) is 11.9 Å². The molecule has 0 fully saturated rings. The summed E-state index contributed by atoms with van der Waals surface area (Å²) in [5.74, 6) is 0. The summed E-state index contributed by atoms with van der Waals surface area (Å²) in [4.78, 5) is 4.34. The van der Waals surface area contributed by atoms with Crippen LogP contribution in [0.4, 0.5) is 0 Å². The highest BCUT2D eigenvalue weighted by molar-refractivity contribution is 6.35. The number of rotatable bonds is 1. The van der Waals surface area contributed by atoms with Gasteiger partial charge in [-0.3, -0.25) is 0 Å². The molecule has 0 atom stereocenters. The van der Waals surface area contributed by atoms with Gasteiger partial charge in [-0.1, -0.05) is 29.8 Å². The van der Waals surface area contributed by atoms with Crippen LogP contribution in [0.5, 0.6) is 0 Å². The molecule has 82 valence electrons. The van der Waals surface area contributed by atoms with Crippen LogP contribution in [0.3, 0.4) is 0 Å². The smallest absolute Gasteiger partial charge is 0.0891 e. The zero-order chi connectivity index (χ0) is 9.26. The van der Waals surface area contributed by atoms with Crippen molar-refractivity contribution in [1.29, 1.82) is 0 Å². The summed E-state index contributed by atoms with van der Waals surface area (Å²) >= 11 is 5.98. The molecule has 1 aromatic carbocycles. The van der Waals surface area contributed by atoms with Gasteiger partial charge in [0.1, 0.15) is 0 Å². The topological polar surface area (TPSA) is 38.9 Å². The highest BCUT2D eigenvalue weighted by atomic mass is 35.5. The summed E-state index contributed by atoms with van der Waals surface area (Å²) in [6, 6.07) is 9.62. The zero-order valence-corrected chi connectivity index (χ0v) is 10.2.